The maximum Gasteiger partial charge on any atom is 0.252 e. The number of likely N-dealkylation sites (tertiary alicyclic amines) is 1. The van der Waals surface area contributed by atoms with Gasteiger partial charge in [0.1, 0.15) is 0 Å². The Labute approximate surface area is 158 Å². The van der Waals surface area contributed by atoms with Gasteiger partial charge in [0.15, 0.2) is 0 Å². The number of hydrogen-bond acceptors (Lipinski definition) is 3. The predicted molar refractivity (Wildman–Crippen MR) is 105 cm³/mol. The molecule has 2 aromatic carbocycles. The fourth-order valence-corrected chi connectivity index (χ4v) is 3.58. The zero-order valence-corrected chi connectivity index (χ0v) is 15.0. The number of rotatable bonds is 4. The second-order valence-electron chi connectivity index (χ2n) is 6.69. The summed E-state index contributed by atoms with van der Waals surface area (Å²) >= 11 is 0. The van der Waals surface area contributed by atoms with Gasteiger partial charge in [0.2, 0.25) is 5.91 Å². The van der Waals surface area contributed by atoms with Crippen molar-refractivity contribution in [2.45, 2.75) is 12.8 Å². The first-order valence-electron chi connectivity index (χ1n) is 9.23. The Morgan fingerprint density at radius 1 is 0.963 bits per heavy atom. The van der Waals surface area contributed by atoms with Crippen LogP contribution in [0.4, 0.5) is 0 Å². The van der Waals surface area contributed by atoms with Gasteiger partial charge in [-0.15, -0.1) is 0 Å². The van der Waals surface area contributed by atoms with Crippen LogP contribution >= 0.6 is 0 Å². The summed E-state index contributed by atoms with van der Waals surface area (Å²) in [5.41, 5.74) is 3.28. The molecular weight excluding hydrogens is 338 g/mol. The highest BCUT2D eigenvalue weighted by Gasteiger charge is 2.20. The minimum absolute atomic E-state index is 0.0240. The number of aromatic nitrogens is 1. The van der Waals surface area contributed by atoms with Crippen LogP contribution < -0.4 is 5.32 Å². The molecule has 0 atom stereocenters. The Balaban J connectivity index is 1.65. The summed E-state index contributed by atoms with van der Waals surface area (Å²) in [7, 11) is 0. The number of carbonyl (C=O) groups excluding carboxylic acids is 2. The molecule has 2 heterocycles. The van der Waals surface area contributed by atoms with Crippen molar-refractivity contribution < 1.29 is 9.59 Å². The minimum atomic E-state index is -0.252. The van der Waals surface area contributed by atoms with E-state index in [0.29, 0.717) is 5.56 Å². The van der Waals surface area contributed by atoms with E-state index in [1.807, 2.05) is 48.5 Å². The quantitative estimate of drug-likeness (QED) is 0.778. The maximum atomic E-state index is 12.9. The van der Waals surface area contributed by atoms with Crippen molar-refractivity contribution in [3.8, 4) is 11.1 Å². The summed E-state index contributed by atoms with van der Waals surface area (Å²) in [4.78, 5) is 31.3. The van der Waals surface area contributed by atoms with Gasteiger partial charge in [-0.05, 0) is 36.1 Å². The molecule has 1 fully saturated rings. The van der Waals surface area contributed by atoms with Gasteiger partial charge < -0.3 is 10.2 Å². The molecule has 5 heteroatoms. The Kier molecular flexibility index (Phi) is 4.83. The van der Waals surface area contributed by atoms with E-state index in [-0.39, 0.29) is 18.4 Å². The summed E-state index contributed by atoms with van der Waals surface area (Å²) in [6.07, 6.45) is 3.71. The molecule has 0 saturated carbocycles. The van der Waals surface area contributed by atoms with Crippen molar-refractivity contribution in [3.05, 3.63) is 66.4 Å². The highest BCUT2D eigenvalue weighted by molar-refractivity contribution is 6.11. The third kappa shape index (κ3) is 3.53. The molecule has 0 radical (unpaired) electrons. The first-order valence-corrected chi connectivity index (χ1v) is 9.23. The monoisotopic (exact) mass is 359 g/mol. The molecule has 3 aromatic rings. The van der Waals surface area contributed by atoms with E-state index in [0.717, 1.165) is 48.0 Å². The van der Waals surface area contributed by atoms with E-state index in [1.54, 1.807) is 17.2 Å². The zero-order valence-electron chi connectivity index (χ0n) is 15.0. The number of hydrogen-bond donors (Lipinski definition) is 1. The highest BCUT2D eigenvalue weighted by Crippen LogP contribution is 2.30. The molecule has 5 nitrogen and oxygen atoms in total. The number of fused-ring (bicyclic) bond motifs is 1. The zero-order chi connectivity index (χ0) is 18.6. The van der Waals surface area contributed by atoms with Crippen molar-refractivity contribution in [2.75, 3.05) is 19.6 Å². The smallest absolute Gasteiger partial charge is 0.252 e. The molecular formula is C22H21N3O2. The lowest BCUT2D eigenvalue weighted by atomic mass is 9.97. The molecule has 1 aliphatic heterocycles. The Hall–Kier alpha value is -3.21. The van der Waals surface area contributed by atoms with Gasteiger partial charge in [0.25, 0.3) is 5.91 Å². The molecule has 1 N–H and O–H groups in total. The van der Waals surface area contributed by atoms with Gasteiger partial charge in [-0.1, -0.05) is 42.5 Å². The van der Waals surface area contributed by atoms with E-state index in [9.17, 15) is 9.59 Å². The van der Waals surface area contributed by atoms with Gasteiger partial charge in [0, 0.05) is 24.7 Å². The Morgan fingerprint density at radius 3 is 2.52 bits per heavy atom. The van der Waals surface area contributed by atoms with Crippen LogP contribution in [0.1, 0.15) is 23.2 Å². The number of pyridine rings is 1. The molecule has 136 valence electrons. The molecule has 0 spiro atoms. The molecule has 1 aliphatic rings. The first-order chi connectivity index (χ1) is 13.2. The van der Waals surface area contributed by atoms with E-state index in [4.69, 9.17) is 0 Å². The number of amides is 2. The van der Waals surface area contributed by atoms with Crippen LogP contribution in [-0.4, -0.2) is 41.3 Å². The molecule has 1 aromatic heterocycles. The third-order valence-corrected chi connectivity index (χ3v) is 4.95. The van der Waals surface area contributed by atoms with Gasteiger partial charge in [0.05, 0.1) is 17.6 Å². The van der Waals surface area contributed by atoms with Gasteiger partial charge >= 0.3 is 0 Å². The van der Waals surface area contributed by atoms with Gasteiger partial charge in [-0.3, -0.25) is 14.6 Å². The van der Waals surface area contributed by atoms with E-state index in [1.165, 1.54) is 0 Å². The third-order valence-electron chi connectivity index (χ3n) is 4.95. The van der Waals surface area contributed by atoms with E-state index < -0.39 is 0 Å². The lowest BCUT2D eigenvalue weighted by Gasteiger charge is -2.16. The van der Waals surface area contributed by atoms with Crippen molar-refractivity contribution in [2.24, 2.45) is 0 Å². The Bertz CT molecular complexity index is 974. The van der Waals surface area contributed by atoms with E-state index in [2.05, 4.69) is 10.3 Å². The van der Waals surface area contributed by atoms with Crippen LogP contribution in [0, 0.1) is 0 Å². The van der Waals surface area contributed by atoms with Crippen molar-refractivity contribution in [1.29, 1.82) is 0 Å². The SMILES string of the molecule is O=C(NCC(=O)N1CCCC1)c1ccnc2cccc(-c3ccccc3)c12. The van der Waals surface area contributed by atoms with Gasteiger partial charge in [-0.2, -0.15) is 0 Å². The average molecular weight is 359 g/mol. The number of nitrogens with zero attached hydrogens (tertiary/aromatic N) is 2. The molecule has 2 amide bonds. The average Bonchev–Trinajstić information content (AvgIpc) is 3.26. The van der Waals surface area contributed by atoms with Crippen LogP contribution in [0.25, 0.3) is 22.0 Å². The fraction of sp³-hybridized carbons (Fsp3) is 0.227. The van der Waals surface area contributed by atoms with Gasteiger partial charge in [-0.25, -0.2) is 0 Å². The fourth-order valence-electron chi connectivity index (χ4n) is 3.58. The minimum Gasteiger partial charge on any atom is -0.343 e. The topological polar surface area (TPSA) is 62.3 Å². The summed E-state index contributed by atoms with van der Waals surface area (Å²) in [5, 5.41) is 3.59. The van der Waals surface area contributed by atoms with Crippen LogP contribution in [-0.2, 0) is 4.79 Å². The lowest BCUT2D eigenvalue weighted by Crippen LogP contribution is -2.38. The van der Waals surface area contributed by atoms with E-state index >= 15 is 0 Å². The number of benzene rings is 2. The van der Waals surface area contributed by atoms with Crippen LogP contribution in [0.2, 0.25) is 0 Å². The molecule has 4 rings (SSSR count). The van der Waals surface area contributed by atoms with Crippen LogP contribution in [0.15, 0.2) is 60.8 Å². The molecule has 0 bridgehead atoms. The summed E-state index contributed by atoms with van der Waals surface area (Å²) in [6.45, 7) is 1.59. The van der Waals surface area contributed by atoms with Crippen molar-refractivity contribution in [3.63, 3.8) is 0 Å². The lowest BCUT2D eigenvalue weighted by molar-refractivity contribution is -0.129. The second kappa shape index (κ2) is 7.58. The normalized spacial score (nSPS) is 13.7. The van der Waals surface area contributed by atoms with Crippen LogP contribution in [0.3, 0.4) is 0 Å². The number of carbonyl (C=O) groups is 2. The standard InChI is InChI=1S/C22H21N3O2/c26-20(25-13-4-5-14-25)15-24-22(27)18-11-12-23-19-10-6-9-17(21(18)19)16-7-2-1-3-8-16/h1-3,6-12H,4-5,13-15H2,(H,24,27). The number of nitrogens with one attached hydrogen (secondary N) is 1. The second-order valence-corrected chi connectivity index (χ2v) is 6.69. The maximum absolute atomic E-state index is 12.9. The Morgan fingerprint density at radius 2 is 1.74 bits per heavy atom. The largest absolute Gasteiger partial charge is 0.343 e. The molecule has 27 heavy (non-hydrogen) atoms. The highest BCUT2D eigenvalue weighted by atomic mass is 16.2. The first kappa shape index (κ1) is 17.2. The molecule has 0 unspecified atom stereocenters. The van der Waals surface area contributed by atoms with Crippen molar-refractivity contribution in [1.82, 2.24) is 15.2 Å². The predicted octanol–water partition coefficient (Wildman–Crippen LogP) is 3.25. The molecule has 0 aliphatic carbocycles. The summed E-state index contributed by atoms with van der Waals surface area (Å²) in [6, 6.07) is 17.5. The summed E-state index contributed by atoms with van der Waals surface area (Å²) < 4.78 is 0. The van der Waals surface area contributed by atoms with Crippen molar-refractivity contribution >= 4 is 22.7 Å². The molecule has 1 saturated heterocycles. The van der Waals surface area contributed by atoms with Crippen LogP contribution in [0.5, 0.6) is 0 Å². The summed E-state index contributed by atoms with van der Waals surface area (Å²) in [5.74, 6) is -0.277.